The Kier molecular flexibility index (Phi) is 19.0. The molecule has 19 heteroatoms. The zero-order chi connectivity index (χ0) is 51.7. The lowest BCUT2D eigenvalue weighted by molar-refractivity contribution is -0.329. The molecule has 18 nitrogen and oxygen atoms in total. The van der Waals surface area contributed by atoms with Crippen molar-refractivity contribution in [2.45, 2.75) is 68.3 Å². The number of rotatable bonds is 20. The highest BCUT2D eigenvalue weighted by Gasteiger charge is 2.56. The molecule has 380 valence electrons. The van der Waals surface area contributed by atoms with Crippen molar-refractivity contribution < 1.29 is 85.7 Å². The molecule has 2 aliphatic heterocycles. The van der Waals surface area contributed by atoms with Gasteiger partial charge in [0.1, 0.15) is 24.7 Å². The molecule has 0 saturated carbocycles. The number of hydrogen-bond donors (Lipinski definition) is 0. The van der Waals surface area contributed by atoms with E-state index in [-0.39, 0.29) is 34.4 Å². The highest BCUT2D eigenvalue weighted by molar-refractivity contribution is 6.26. The topological polar surface area (TPSA) is 221 Å². The number of carbonyl (C=O) groups is 7. The van der Waals surface area contributed by atoms with Gasteiger partial charge in [-0.1, -0.05) is 97.1 Å². The van der Waals surface area contributed by atoms with E-state index >= 15 is 0 Å². The van der Waals surface area contributed by atoms with Crippen molar-refractivity contribution in [1.82, 2.24) is 0 Å². The van der Waals surface area contributed by atoms with Crippen LogP contribution in [0.3, 0.4) is 0 Å². The van der Waals surface area contributed by atoms with Gasteiger partial charge in [0.15, 0.2) is 49.2 Å². The summed E-state index contributed by atoms with van der Waals surface area (Å²) in [5, 5.41) is 0. The van der Waals surface area contributed by atoms with Crippen molar-refractivity contribution >= 4 is 53.4 Å². The molecular weight excluding hydrogens is 972 g/mol. The summed E-state index contributed by atoms with van der Waals surface area (Å²) in [4.78, 5) is 95.3. The number of ether oxygens (including phenoxy) is 11. The van der Waals surface area contributed by atoms with Crippen LogP contribution in [-0.4, -0.2) is 129 Å². The molecule has 2 heterocycles. The monoisotopic (exact) mass is 1020 g/mol. The number of esters is 7. The Labute approximate surface area is 423 Å². The molecule has 0 radical (unpaired) electrons. The van der Waals surface area contributed by atoms with Crippen LogP contribution in [0.4, 0.5) is 0 Å². The van der Waals surface area contributed by atoms with E-state index in [4.69, 9.17) is 63.7 Å². The van der Waals surface area contributed by atoms with E-state index in [1.165, 1.54) is 66.7 Å². The van der Waals surface area contributed by atoms with Gasteiger partial charge < -0.3 is 52.1 Å². The molecule has 2 aliphatic rings. The zero-order valence-electron chi connectivity index (χ0n) is 39.0. The SMILES string of the molecule is C=CCO[C@H]1O[C@H](CO[C@H]2O[C@H](COC(=O)c3ccccc3)[C@@H](OC(=O)c3ccccc3)[C@H](OC(=O)c3ccccc3)[C@@H]2OC(C)=O)[C@@H](OC(=O)c2ccccc2)[C@H](OC(=O)c2ccccc2)[C@@H]1OC(=O)CCl. The summed E-state index contributed by atoms with van der Waals surface area (Å²) in [6, 6.07) is 39.0. The Morgan fingerprint density at radius 3 is 1.16 bits per heavy atom. The van der Waals surface area contributed by atoms with E-state index in [9.17, 15) is 33.6 Å². The Morgan fingerprint density at radius 2 is 0.795 bits per heavy atom. The van der Waals surface area contributed by atoms with Crippen molar-refractivity contribution in [3.05, 3.63) is 192 Å². The van der Waals surface area contributed by atoms with Crippen molar-refractivity contribution in [2.24, 2.45) is 0 Å². The molecule has 0 unspecified atom stereocenters. The Hall–Kier alpha value is -7.74. The summed E-state index contributed by atoms with van der Waals surface area (Å²) >= 11 is 5.90. The summed E-state index contributed by atoms with van der Waals surface area (Å²) in [5.74, 6) is -7.10. The van der Waals surface area contributed by atoms with Gasteiger partial charge in [-0.15, -0.1) is 18.2 Å². The second kappa shape index (κ2) is 26.1. The van der Waals surface area contributed by atoms with Gasteiger partial charge in [0.25, 0.3) is 0 Å². The first-order chi connectivity index (χ1) is 35.4. The maximum atomic E-state index is 14.0. The lowest BCUT2D eigenvalue weighted by atomic mass is 9.96. The highest BCUT2D eigenvalue weighted by Crippen LogP contribution is 2.35. The minimum absolute atomic E-state index is 0.0537. The van der Waals surface area contributed by atoms with Crippen LogP contribution < -0.4 is 0 Å². The average Bonchev–Trinajstić information content (AvgIpc) is 3.42. The molecule has 0 aliphatic carbocycles. The van der Waals surface area contributed by atoms with Gasteiger partial charge in [0.2, 0.25) is 0 Å². The molecular formula is C54H49ClO18. The van der Waals surface area contributed by atoms with Crippen LogP contribution in [0.5, 0.6) is 0 Å². The predicted octanol–water partition coefficient (Wildman–Crippen LogP) is 6.50. The first-order valence-electron chi connectivity index (χ1n) is 22.8. The van der Waals surface area contributed by atoms with Crippen LogP contribution in [0.1, 0.15) is 58.7 Å². The number of alkyl halides is 1. The lowest BCUT2D eigenvalue weighted by Gasteiger charge is -2.46. The maximum Gasteiger partial charge on any atom is 0.338 e. The summed E-state index contributed by atoms with van der Waals surface area (Å²) in [5.41, 5.74) is 0.420. The third kappa shape index (κ3) is 14.2. The molecule has 7 rings (SSSR count). The van der Waals surface area contributed by atoms with Gasteiger partial charge in [-0.3, -0.25) is 9.59 Å². The summed E-state index contributed by atoms with van der Waals surface area (Å²) in [7, 11) is 0. The highest BCUT2D eigenvalue weighted by atomic mass is 35.5. The first kappa shape index (κ1) is 53.1. The van der Waals surface area contributed by atoms with E-state index in [0.717, 1.165) is 6.92 Å². The van der Waals surface area contributed by atoms with Crippen molar-refractivity contribution in [1.29, 1.82) is 0 Å². The third-order valence-electron chi connectivity index (χ3n) is 11.1. The maximum absolute atomic E-state index is 14.0. The Balaban J connectivity index is 1.30. The fourth-order valence-corrected chi connectivity index (χ4v) is 7.77. The number of carbonyl (C=O) groups excluding carboxylic acids is 7. The van der Waals surface area contributed by atoms with E-state index in [0.29, 0.717) is 0 Å². The van der Waals surface area contributed by atoms with Crippen LogP contribution in [-0.2, 0) is 61.7 Å². The minimum Gasteiger partial charge on any atom is -0.459 e. The molecule has 73 heavy (non-hydrogen) atoms. The lowest BCUT2D eigenvalue weighted by Crippen LogP contribution is -2.65. The fraction of sp³-hybridized carbons (Fsp3) is 0.278. The number of halogens is 1. The number of hydrogen-bond acceptors (Lipinski definition) is 18. The summed E-state index contributed by atoms with van der Waals surface area (Å²) in [6.07, 6.45) is -15.4. The van der Waals surface area contributed by atoms with Crippen LogP contribution >= 0.6 is 11.6 Å². The molecule has 10 atom stereocenters. The van der Waals surface area contributed by atoms with Gasteiger partial charge in [-0.25, -0.2) is 24.0 Å². The van der Waals surface area contributed by atoms with Crippen LogP contribution in [0, 0.1) is 0 Å². The first-order valence-corrected chi connectivity index (χ1v) is 23.3. The smallest absolute Gasteiger partial charge is 0.338 e. The molecule has 2 saturated heterocycles. The third-order valence-corrected chi connectivity index (χ3v) is 11.3. The van der Waals surface area contributed by atoms with Crippen molar-refractivity contribution in [2.75, 3.05) is 25.7 Å². The standard InChI is InChI=1S/C54H49ClO18/c1-3-29-63-53-47(69-41(57)30-55)45(73-52(62)38-27-17-8-18-28-38)43(71-50(60)36-23-13-6-14-24-36)40(67-53)32-65-54-46(66-33(2)56)44(72-51(61)37-25-15-7-16-26-37)42(70-49(59)35-21-11-5-12-22-35)39(68-54)31-64-48(58)34-19-9-4-10-20-34/h3-28,39-40,42-47,53-54H,1,29-32H2,2H3/t39-,40-,42-,43-,44+,45+,46+,47+,53+,54+/m1/s1. The quantitative estimate of drug-likeness (QED) is 0.0351. The molecule has 5 aromatic rings. The van der Waals surface area contributed by atoms with Gasteiger partial charge in [0.05, 0.1) is 41.0 Å². The van der Waals surface area contributed by atoms with Crippen molar-refractivity contribution in [3.8, 4) is 0 Å². The largest absolute Gasteiger partial charge is 0.459 e. The second-order valence-electron chi connectivity index (χ2n) is 16.1. The molecule has 0 N–H and O–H groups in total. The van der Waals surface area contributed by atoms with Crippen LogP contribution in [0.2, 0.25) is 0 Å². The van der Waals surface area contributed by atoms with Crippen LogP contribution in [0.25, 0.3) is 0 Å². The minimum atomic E-state index is -1.82. The fourth-order valence-electron chi connectivity index (χ4n) is 7.70. The summed E-state index contributed by atoms with van der Waals surface area (Å²) in [6.45, 7) is 3.16. The Bertz CT molecular complexity index is 2660. The van der Waals surface area contributed by atoms with Gasteiger partial charge in [0, 0.05) is 6.92 Å². The summed E-state index contributed by atoms with van der Waals surface area (Å²) < 4.78 is 66.7. The normalized spacial score (nSPS) is 23.3. The average molecular weight is 1020 g/mol. The van der Waals surface area contributed by atoms with E-state index in [1.807, 2.05) is 0 Å². The predicted molar refractivity (Wildman–Crippen MR) is 255 cm³/mol. The van der Waals surface area contributed by atoms with Gasteiger partial charge in [-0.2, -0.15) is 0 Å². The molecule has 5 aromatic carbocycles. The van der Waals surface area contributed by atoms with E-state index < -0.39 is 122 Å². The van der Waals surface area contributed by atoms with Crippen molar-refractivity contribution in [3.63, 3.8) is 0 Å². The van der Waals surface area contributed by atoms with Gasteiger partial charge >= 0.3 is 41.8 Å². The molecule has 0 spiro atoms. The molecule has 2 fully saturated rings. The second-order valence-corrected chi connectivity index (χ2v) is 16.4. The number of benzene rings is 5. The molecule has 0 bridgehead atoms. The Morgan fingerprint density at radius 1 is 0.452 bits per heavy atom. The molecule has 0 amide bonds. The van der Waals surface area contributed by atoms with E-state index in [1.54, 1.807) is 91.0 Å². The molecule has 0 aromatic heterocycles. The van der Waals surface area contributed by atoms with Crippen LogP contribution in [0.15, 0.2) is 164 Å². The zero-order valence-corrected chi connectivity index (χ0v) is 39.8. The van der Waals surface area contributed by atoms with E-state index in [2.05, 4.69) is 6.58 Å². The van der Waals surface area contributed by atoms with Gasteiger partial charge in [-0.05, 0) is 60.7 Å².